The first-order valence-corrected chi connectivity index (χ1v) is 5.33. The van der Waals surface area contributed by atoms with Crippen LogP contribution in [0.1, 0.15) is 19.9 Å². The van der Waals surface area contributed by atoms with Crippen molar-refractivity contribution in [3.05, 3.63) is 12.4 Å². The number of nitrogens with one attached hydrogen (secondary N) is 2. The van der Waals surface area contributed by atoms with E-state index in [1.54, 1.807) is 17.1 Å². The van der Waals surface area contributed by atoms with Gasteiger partial charge in [-0.1, -0.05) is 0 Å². The van der Waals surface area contributed by atoms with Gasteiger partial charge in [-0.25, -0.2) is 0 Å². The smallest absolute Gasteiger partial charge is 0.243 e. The summed E-state index contributed by atoms with van der Waals surface area (Å²) in [5, 5.41) is 9.07. The topological polar surface area (TPSA) is 102 Å². The van der Waals surface area contributed by atoms with Crippen molar-refractivity contribution in [3.8, 4) is 0 Å². The molecule has 17 heavy (non-hydrogen) atoms. The van der Waals surface area contributed by atoms with Crippen LogP contribution in [0.4, 0.5) is 5.69 Å². The zero-order valence-corrected chi connectivity index (χ0v) is 9.93. The normalized spacial score (nSPS) is 10.4. The molecule has 4 N–H and O–H groups in total. The van der Waals surface area contributed by atoms with Gasteiger partial charge in [-0.15, -0.1) is 0 Å². The van der Waals surface area contributed by atoms with Gasteiger partial charge in [0.1, 0.15) is 0 Å². The fraction of sp³-hybridized carbons (Fsp3) is 0.500. The maximum Gasteiger partial charge on any atom is 0.243 e. The van der Waals surface area contributed by atoms with Gasteiger partial charge in [0.2, 0.25) is 11.8 Å². The Labute approximate surface area is 99.4 Å². The number of rotatable bonds is 5. The predicted octanol–water partition coefficient (Wildman–Crippen LogP) is -0.523. The maximum atomic E-state index is 11.4. The molecule has 7 heteroatoms. The molecule has 7 nitrogen and oxygen atoms in total. The monoisotopic (exact) mass is 239 g/mol. The highest BCUT2D eigenvalue weighted by Crippen LogP contribution is 2.09. The lowest BCUT2D eigenvalue weighted by Gasteiger charge is -2.05. The van der Waals surface area contributed by atoms with E-state index < -0.39 is 0 Å². The molecule has 0 spiro atoms. The van der Waals surface area contributed by atoms with Crippen LogP contribution in [0.2, 0.25) is 0 Å². The second-order valence-electron chi connectivity index (χ2n) is 3.83. The molecular formula is C10H17N5O2. The van der Waals surface area contributed by atoms with E-state index in [0.717, 1.165) is 0 Å². The first kappa shape index (κ1) is 13.2. The molecule has 0 radical (unpaired) electrons. The lowest BCUT2D eigenvalue weighted by molar-refractivity contribution is -0.123. The highest BCUT2D eigenvalue weighted by molar-refractivity contribution is 5.94. The number of amides is 2. The molecule has 0 aromatic carbocycles. The summed E-state index contributed by atoms with van der Waals surface area (Å²) < 4.78 is 1.73. The van der Waals surface area contributed by atoms with E-state index in [1.807, 2.05) is 13.8 Å². The number of carbonyl (C=O) groups is 2. The van der Waals surface area contributed by atoms with E-state index >= 15 is 0 Å². The summed E-state index contributed by atoms with van der Waals surface area (Å²) in [5.74, 6) is -0.673. The molecule has 1 heterocycles. The number of hydrogen-bond donors (Lipinski definition) is 3. The molecule has 0 aliphatic rings. The quantitative estimate of drug-likeness (QED) is 0.643. The Bertz CT molecular complexity index is 399. The zero-order valence-electron chi connectivity index (χ0n) is 9.93. The SMILES string of the molecule is CC(C)n1cc(NC(=O)CNC(=O)CN)cn1. The zero-order chi connectivity index (χ0) is 12.8. The predicted molar refractivity (Wildman–Crippen MR) is 63.3 cm³/mol. The van der Waals surface area contributed by atoms with E-state index in [0.29, 0.717) is 5.69 Å². The van der Waals surface area contributed by atoms with Crippen molar-refractivity contribution >= 4 is 17.5 Å². The minimum absolute atomic E-state index is 0.0944. The number of anilines is 1. The number of carbonyl (C=O) groups excluding carboxylic acids is 2. The lowest BCUT2D eigenvalue weighted by atomic mass is 10.4. The van der Waals surface area contributed by atoms with Gasteiger partial charge in [0.15, 0.2) is 0 Å². The van der Waals surface area contributed by atoms with Crippen molar-refractivity contribution in [3.63, 3.8) is 0 Å². The molecule has 1 rings (SSSR count). The van der Waals surface area contributed by atoms with Crippen molar-refractivity contribution in [1.82, 2.24) is 15.1 Å². The average Bonchev–Trinajstić information content (AvgIpc) is 2.74. The average molecular weight is 239 g/mol. The van der Waals surface area contributed by atoms with Crippen molar-refractivity contribution in [2.24, 2.45) is 5.73 Å². The van der Waals surface area contributed by atoms with Crippen LogP contribution in [0.3, 0.4) is 0 Å². The van der Waals surface area contributed by atoms with Crippen molar-refractivity contribution < 1.29 is 9.59 Å². The molecule has 0 saturated heterocycles. The molecule has 0 bridgehead atoms. The third kappa shape index (κ3) is 4.23. The summed E-state index contributed by atoms with van der Waals surface area (Å²) in [6.45, 7) is 3.75. The Morgan fingerprint density at radius 1 is 1.47 bits per heavy atom. The van der Waals surface area contributed by atoms with E-state index in [2.05, 4.69) is 15.7 Å². The van der Waals surface area contributed by atoms with Gasteiger partial charge >= 0.3 is 0 Å². The van der Waals surface area contributed by atoms with Gasteiger partial charge in [-0.3, -0.25) is 14.3 Å². The summed E-state index contributed by atoms with van der Waals surface area (Å²) in [4.78, 5) is 22.2. The Morgan fingerprint density at radius 2 is 2.18 bits per heavy atom. The van der Waals surface area contributed by atoms with Crippen LogP contribution < -0.4 is 16.4 Å². The molecule has 1 aromatic rings. The number of nitrogens with zero attached hydrogens (tertiary/aromatic N) is 2. The number of aromatic nitrogens is 2. The first-order valence-electron chi connectivity index (χ1n) is 5.33. The molecule has 0 atom stereocenters. The first-order chi connectivity index (χ1) is 8.02. The van der Waals surface area contributed by atoms with Crippen LogP contribution in [-0.4, -0.2) is 34.7 Å². The third-order valence-corrected chi connectivity index (χ3v) is 2.05. The Hall–Kier alpha value is -1.89. The molecule has 0 aliphatic carbocycles. The number of hydrogen-bond acceptors (Lipinski definition) is 4. The van der Waals surface area contributed by atoms with Crippen molar-refractivity contribution in [2.45, 2.75) is 19.9 Å². The minimum atomic E-state index is -0.363. The summed E-state index contributed by atoms with van der Waals surface area (Å²) in [5.41, 5.74) is 5.69. The fourth-order valence-corrected chi connectivity index (χ4v) is 1.14. The van der Waals surface area contributed by atoms with Crippen LogP contribution in [-0.2, 0) is 9.59 Å². The lowest BCUT2D eigenvalue weighted by Crippen LogP contribution is -2.36. The summed E-state index contributed by atoms with van der Waals surface area (Å²) in [6.07, 6.45) is 3.29. The molecule has 0 saturated carbocycles. The third-order valence-electron chi connectivity index (χ3n) is 2.05. The maximum absolute atomic E-state index is 11.4. The molecule has 2 amide bonds. The second-order valence-corrected chi connectivity index (χ2v) is 3.83. The van der Waals surface area contributed by atoms with E-state index in [-0.39, 0.29) is 30.9 Å². The Morgan fingerprint density at radius 3 is 2.71 bits per heavy atom. The molecule has 0 aliphatic heterocycles. The van der Waals surface area contributed by atoms with Crippen LogP contribution in [0, 0.1) is 0 Å². The standard InChI is InChI=1S/C10H17N5O2/c1-7(2)15-6-8(4-13-15)14-10(17)5-12-9(16)3-11/h4,6-7H,3,5,11H2,1-2H3,(H,12,16)(H,14,17). The summed E-state index contributed by atoms with van der Waals surface area (Å²) in [7, 11) is 0. The number of nitrogens with two attached hydrogens (primary N) is 1. The largest absolute Gasteiger partial charge is 0.346 e. The van der Waals surface area contributed by atoms with Crippen molar-refractivity contribution in [1.29, 1.82) is 0 Å². The summed E-state index contributed by atoms with van der Waals surface area (Å²) >= 11 is 0. The van der Waals surface area contributed by atoms with Crippen LogP contribution in [0.15, 0.2) is 12.4 Å². The highest BCUT2D eigenvalue weighted by atomic mass is 16.2. The summed E-state index contributed by atoms with van der Waals surface area (Å²) in [6, 6.07) is 0.234. The van der Waals surface area contributed by atoms with E-state index in [4.69, 9.17) is 5.73 Å². The van der Waals surface area contributed by atoms with E-state index in [1.165, 1.54) is 0 Å². The minimum Gasteiger partial charge on any atom is -0.346 e. The fourth-order valence-electron chi connectivity index (χ4n) is 1.14. The second kappa shape index (κ2) is 6.00. The molecular weight excluding hydrogens is 222 g/mol. The molecule has 0 fully saturated rings. The van der Waals surface area contributed by atoms with E-state index in [9.17, 15) is 9.59 Å². The van der Waals surface area contributed by atoms with Gasteiger partial charge in [0.05, 0.1) is 25.0 Å². The van der Waals surface area contributed by atoms with Gasteiger partial charge in [0, 0.05) is 12.2 Å². The molecule has 94 valence electrons. The highest BCUT2D eigenvalue weighted by Gasteiger charge is 2.07. The van der Waals surface area contributed by atoms with Gasteiger partial charge in [0.25, 0.3) is 0 Å². The van der Waals surface area contributed by atoms with Gasteiger partial charge < -0.3 is 16.4 Å². The van der Waals surface area contributed by atoms with Crippen molar-refractivity contribution in [2.75, 3.05) is 18.4 Å². The van der Waals surface area contributed by atoms with Crippen LogP contribution >= 0.6 is 0 Å². The van der Waals surface area contributed by atoms with Crippen LogP contribution in [0.5, 0.6) is 0 Å². The molecule has 1 aromatic heterocycles. The van der Waals surface area contributed by atoms with Gasteiger partial charge in [-0.2, -0.15) is 5.10 Å². The van der Waals surface area contributed by atoms with Gasteiger partial charge in [-0.05, 0) is 13.8 Å². The molecule has 0 unspecified atom stereocenters. The Kier molecular flexibility index (Phi) is 4.65. The van der Waals surface area contributed by atoms with Crippen LogP contribution in [0.25, 0.3) is 0 Å². The Balaban J connectivity index is 2.42.